The van der Waals surface area contributed by atoms with E-state index >= 15 is 0 Å². The Bertz CT molecular complexity index is 686. The molecule has 0 aliphatic carbocycles. The molecule has 1 atom stereocenters. The Balaban J connectivity index is 1.83. The van der Waals surface area contributed by atoms with Gasteiger partial charge in [0.05, 0.1) is 0 Å². The van der Waals surface area contributed by atoms with E-state index in [9.17, 15) is 14.4 Å². The summed E-state index contributed by atoms with van der Waals surface area (Å²) in [5, 5.41) is 9.03. The Morgan fingerprint density at radius 2 is 2.00 bits per heavy atom. The molecule has 27 heavy (non-hydrogen) atoms. The van der Waals surface area contributed by atoms with Gasteiger partial charge in [-0.2, -0.15) is 0 Å². The molecule has 0 spiro atoms. The van der Waals surface area contributed by atoms with Crippen molar-refractivity contribution < 1.29 is 19.5 Å². The summed E-state index contributed by atoms with van der Waals surface area (Å²) in [6, 6.07) is 2.10. The smallest absolute Gasteiger partial charge is 0.323 e. The predicted octanol–water partition coefficient (Wildman–Crippen LogP) is 3.00. The average molecular weight is 395 g/mol. The van der Waals surface area contributed by atoms with Gasteiger partial charge in [-0.25, -0.2) is 0 Å². The summed E-state index contributed by atoms with van der Waals surface area (Å²) in [5.74, 6) is -1.06. The highest BCUT2D eigenvalue weighted by Crippen LogP contribution is 2.23. The van der Waals surface area contributed by atoms with Gasteiger partial charge in [-0.3, -0.25) is 14.4 Å². The van der Waals surface area contributed by atoms with E-state index < -0.39 is 5.97 Å². The SMILES string of the molecule is CC(=O)N(CC(=O)O)C1CCCN(C(=O)CCCc2cc(C)sc2C)CC1. The van der Waals surface area contributed by atoms with Gasteiger partial charge in [-0.1, -0.05) is 0 Å². The van der Waals surface area contributed by atoms with Gasteiger partial charge in [0.15, 0.2) is 0 Å². The van der Waals surface area contributed by atoms with Crippen molar-refractivity contribution in [3.05, 3.63) is 21.4 Å². The Hall–Kier alpha value is -1.89. The molecule has 1 aliphatic heterocycles. The molecule has 2 heterocycles. The van der Waals surface area contributed by atoms with Crippen molar-refractivity contribution in [2.75, 3.05) is 19.6 Å². The molecule has 0 bridgehead atoms. The fraction of sp³-hybridized carbons (Fsp3) is 0.650. The summed E-state index contributed by atoms with van der Waals surface area (Å²) in [4.78, 5) is 41.3. The van der Waals surface area contributed by atoms with Crippen molar-refractivity contribution in [3.63, 3.8) is 0 Å². The number of rotatable bonds is 7. The number of amides is 2. The second-order valence-electron chi connectivity index (χ2n) is 7.30. The normalized spacial score (nSPS) is 17.4. The Labute approximate surface area is 165 Å². The van der Waals surface area contributed by atoms with E-state index in [2.05, 4.69) is 19.9 Å². The third-order valence-corrected chi connectivity index (χ3v) is 6.19. The van der Waals surface area contributed by atoms with Gasteiger partial charge in [0.1, 0.15) is 6.54 Å². The number of carbonyl (C=O) groups is 3. The lowest BCUT2D eigenvalue weighted by Crippen LogP contribution is -2.43. The summed E-state index contributed by atoms with van der Waals surface area (Å²) < 4.78 is 0. The number of hydrogen-bond acceptors (Lipinski definition) is 4. The van der Waals surface area contributed by atoms with Crippen LogP contribution in [-0.2, 0) is 20.8 Å². The molecule has 1 unspecified atom stereocenters. The first-order chi connectivity index (χ1) is 12.8. The van der Waals surface area contributed by atoms with E-state index in [1.54, 1.807) is 11.3 Å². The molecule has 0 saturated carbocycles. The Morgan fingerprint density at radius 3 is 2.59 bits per heavy atom. The highest BCUT2D eigenvalue weighted by molar-refractivity contribution is 7.12. The van der Waals surface area contributed by atoms with Crippen molar-refractivity contribution >= 4 is 29.1 Å². The zero-order valence-electron chi connectivity index (χ0n) is 16.5. The minimum absolute atomic E-state index is 0.104. The van der Waals surface area contributed by atoms with Gasteiger partial charge in [0.2, 0.25) is 11.8 Å². The second-order valence-corrected chi connectivity index (χ2v) is 8.76. The van der Waals surface area contributed by atoms with Gasteiger partial charge < -0.3 is 14.9 Å². The van der Waals surface area contributed by atoms with Crippen LogP contribution >= 0.6 is 11.3 Å². The first kappa shape index (κ1) is 21.4. The quantitative estimate of drug-likeness (QED) is 0.771. The maximum Gasteiger partial charge on any atom is 0.323 e. The Kier molecular flexibility index (Phi) is 7.83. The third-order valence-electron chi connectivity index (χ3n) is 5.18. The van der Waals surface area contributed by atoms with Crippen LogP contribution in [0.25, 0.3) is 0 Å². The minimum Gasteiger partial charge on any atom is -0.480 e. The van der Waals surface area contributed by atoms with Gasteiger partial charge in [-0.05, 0) is 57.6 Å². The van der Waals surface area contributed by atoms with Gasteiger partial charge >= 0.3 is 5.97 Å². The van der Waals surface area contributed by atoms with E-state index in [0.717, 1.165) is 25.7 Å². The molecule has 6 nitrogen and oxygen atoms in total. The number of nitrogens with zero attached hydrogens (tertiary/aromatic N) is 2. The number of aryl methyl sites for hydroxylation is 3. The maximum absolute atomic E-state index is 12.6. The molecule has 1 fully saturated rings. The predicted molar refractivity (Wildman–Crippen MR) is 106 cm³/mol. The van der Waals surface area contributed by atoms with E-state index in [-0.39, 0.29) is 24.4 Å². The van der Waals surface area contributed by atoms with Crippen molar-refractivity contribution in [1.82, 2.24) is 9.80 Å². The largest absolute Gasteiger partial charge is 0.480 e. The lowest BCUT2D eigenvalue weighted by atomic mass is 10.1. The lowest BCUT2D eigenvalue weighted by molar-refractivity contribution is -0.145. The standard InChI is InChI=1S/C20H30N2O4S/c1-14-12-17(15(2)27-14)6-4-8-19(24)21-10-5-7-18(9-11-21)22(16(3)23)13-20(25)26/h12,18H,4-11,13H2,1-3H3,(H,25,26). The molecule has 7 heteroatoms. The molecular formula is C20H30N2O4S. The number of likely N-dealkylation sites (tertiary alicyclic amines) is 1. The number of hydrogen-bond donors (Lipinski definition) is 1. The minimum atomic E-state index is -0.999. The molecule has 2 rings (SSSR count). The van der Waals surface area contributed by atoms with Gasteiger partial charge in [0, 0.05) is 42.2 Å². The number of carbonyl (C=O) groups excluding carboxylic acids is 2. The first-order valence-corrected chi connectivity index (χ1v) is 10.4. The van der Waals surface area contributed by atoms with Crippen LogP contribution in [-0.4, -0.2) is 58.4 Å². The van der Waals surface area contributed by atoms with Crippen molar-refractivity contribution in [2.45, 2.75) is 65.3 Å². The summed E-state index contributed by atoms with van der Waals surface area (Å²) in [5.41, 5.74) is 1.34. The molecule has 2 amide bonds. The molecular weight excluding hydrogens is 364 g/mol. The molecule has 0 aromatic carbocycles. The molecule has 1 saturated heterocycles. The van der Waals surface area contributed by atoms with Crippen LogP contribution in [0.15, 0.2) is 6.07 Å². The fourth-order valence-corrected chi connectivity index (χ4v) is 4.78. The molecule has 1 aromatic rings. The number of carboxylic acids is 1. The van der Waals surface area contributed by atoms with E-state index in [1.807, 2.05) is 4.90 Å². The fourth-order valence-electron chi connectivity index (χ4n) is 3.80. The zero-order valence-corrected chi connectivity index (χ0v) is 17.3. The molecule has 1 aromatic heterocycles. The van der Waals surface area contributed by atoms with Crippen molar-refractivity contribution in [3.8, 4) is 0 Å². The van der Waals surface area contributed by atoms with Gasteiger partial charge in [0.25, 0.3) is 0 Å². The summed E-state index contributed by atoms with van der Waals surface area (Å²) in [6.07, 6.45) is 4.47. The molecule has 150 valence electrons. The first-order valence-electron chi connectivity index (χ1n) is 9.60. The summed E-state index contributed by atoms with van der Waals surface area (Å²) >= 11 is 1.80. The van der Waals surface area contributed by atoms with Crippen LogP contribution in [0.1, 0.15) is 54.3 Å². The van der Waals surface area contributed by atoms with Crippen LogP contribution < -0.4 is 0 Å². The van der Waals surface area contributed by atoms with Gasteiger partial charge in [-0.15, -0.1) is 11.3 Å². The van der Waals surface area contributed by atoms with Crippen LogP contribution in [0.4, 0.5) is 0 Å². The van der Waals surface area contributed by atoms with E-state index in [0.29, 0.717) is 25.9 Å². The third kappa shape index (κ3) is 6.34. The average Bonchev–Trinajstić information content (AvgIpc) is 2.78. The monoisotopic (exact) mass is 394 g/mol. The summed E-state index contributed by atoms with van der Waals surface area (Å²) in [6.45, 7) is 6.64. The van der Waals surface area contributed by atoms with Crippen LogP contribution in [0.3, 0.4) is 0 Å². The molecule has 0 radical (unpaired) electrons. The number of carboxylic acid groups (broad SMARTS) is 1. The van der Waals surface area contributed by atoms with E-state index in [1.165, 1.54) is 27.1 Å². The highest BCUT2D eigenvalue weighted by Gasteiger charge is 2.27. The van der Waals surface area contributed by atoms with Crippen molar-refractivity contribution in [2.24, 2.45) is 0 Å². The zero-order chi connectivity index (χ0) is 20.0. The van der Waals surface area contributed by atoms with Crippen molar-refractivity contribution in [1.29, 1.82) is 0 Å². The molecule has 1 aliphatic rings. The topological polar surface area (TPSA) is 77.9 Å². The maximum atomic E-state index is 12.6. The van der Waals surface area contributed by atoms with Crippen LogP contribution in [0.5, 0.6) is 0 Å². The second kappa shape index (κ2) is 9.88. The highest BCUT2D eigenvalue weighted by atomic mass is 32.1. The lowest BCUT2D eigenvalue weighted by Gasteiger charge is -2.28. The van der Waals surface area contributed by atoms with Crippen LogP contribution in [0, 0.1) is 13.8 Å². The summed E-state index contributed by atoms with van der Waals surface area (Å²) in [7, 11) is 0. The van der Waals surface area contributed by atoms with E-state index in [4.69, 9.17) is 5.11 Å². The Morgan fingerprint density at radius 1 is 1.26 bits per heavy atom. The number of aliphatic carboxylic acids is 1. The number of thiophene rings is 1. The van der Waals surface area contributed by atoms with Crippen LogP contribution in [0.2, 0.25) is 0 Å². The molecule has 1 N–H and O–H groups in total.